The Bertz CT molecular complexity index is 1900. The van der Waals surface area contributed by atoms with Gasteiger partial charge in [-0.15, -0.1) is 5.10 Å². The van der Waals surface area contributed by atoms with Gasteiger partial charge in [-0.2, -0.15) is 0 Å². The number of benzene rings is 3. The van der Waals surface area contributed by atoms with E-state index in [0.29, 0.717) is 34.2 Å². The van der Waals surface area contributed by atoms with E-state index >= 15 is 0 Å². The highest BCUT2D eigenvalue weighted by Gasteiger charge is 2.48. The predicted octanol–water partition coefficient (Wildman–Crippen LogP) is 5.70. The minimum atomic E-state index is -1.89. The number of rotatable bonds is 11. The quantitative estimate of drug-likeness (QED) is 0.107. The van der Waals surface area contributed by atoms with Gasteiger partial charge in [-0.05, 0) is 63.9 Å². The molecule has 226 valence electrons. The number of furan rings is 1. The van der Waals surface area contributed by atoms with Crippen LogP contribution in [0.25, 0.3) is 21.9 Å². The summed E-state index contributed by atoms with van der Waals surface area (Å²) in [6.45, 7) is 6.50. The minimum Gasteiger partial charge on any atom is -0.489 e. The molecule has 5 aromatic rings. The van der Waals surface area contributed by atoms with Crippen molar-refractivity contribution in [3.8, 4) is 5.75 Å². The van der Waals surface area contributed by atoms with Crippen LogP contribution in [-0.2, 0) is 27.5 Å². The first-order chi connectivity index (χ1) is 21.0. The van der Waals surface area contributed by atoms with Crippen LogP contribution in [0.2, 0.25) is 0 Å². The molecule has 3 aromatic carbocycles. The Hall–Kier alpha value is -5.12. The summed E-state index contributed by atoms with van der Waals surface area (Å²) in [5.41, 5.74) is -1.18. The second-order valence-electron chi connectivity index (χ2n) is 11.7. The smallest absolute Gasteiger partial charge is 0.320 e. The molecule has 1 unspecified atom stereocenters. The van der Waals surface area contributed by atoms with Gasteiger partial charge in [0, 0.05) is 24.4 Å². The van der Waals surface area contributed by atoms with E-state index in [4.69, 9.17) is 13.9 Å². The number of aryl methyl sites for hydroxylation is 1. The lowest BCUT2D eigenvalue weighted by atomic mass is 9.75. The molecular weight excluding hydrogens is 562 g/mol. The topological polar surface area (TPSA) is 131 Å². The van der Waals surface area contributed by atoms with E-state index in [9.17, 15) is 19.2 Å². The largest absolute Gasteiger partial charge is 0.489 e. The number of aromatic nitrogens is 3. The average Bonchev–Trinajstić information content (AvgIpc) is 3.42. The summed E-state index contributed by atoms with van der Waals surface area (Å²) < 4.78 is 18.3. The summed E-state index contributed by atoms with van der Waals surface area (Å²) >= 11 is 0. The van der Waals surface area contributed by atoms with E-state index in [1.165, 1.54) is 13.2 Å². The number of esters is 1. The van der Waals surface area contributed by atoms with Gasteiger partial charge in [0.05, 0.1) is 10.9 Å². The lowest BCUT2D eigenvalue weighted by Gasteiger charge is -2.32. The monoisotopic (exact) mass is 595 g/mol. The molecule has 5 rings (SSSR count). The second kappa shape index (κ2) is 12.2. The van der Waals surface area contributed by atoms with Gasteiger partial charge >= 0.3 is 5.97 Å². The molecule has 1 atom stereocenters. The third kappa shape index (κ3) is 6.44. The average molecular weight is 596 g/mol. The first-order valence-electron chi connectivity index (χ1n) is 14.2. The van der Waals surface area contributed by atoms with E-state index < -0.39 is 40.5 Å². The Balaban J connectivity index is 1.43. The fourth-order valence-corrected chi connectivity index (χ4v) is 4.97. The molecule has 2 heterocycles. The predicted molar refractivity (Wildman–Crippen MR) is 163 cm³/mol. The van der Waals surface area contributed by atoms with Crippen LogP contribution in [-0.4, -0.2) is 38.1 Å². The summed E-state index contributed by atoms with van der Waals surface area (Å²) in [7, 11) is 0. The van der Waals surface area contributed by atoms with Crippen LogP contribution in [0, 0.1) is 5.41 Å². The van der Waals surface area contributed by atoms with Crippen LogP contribution in [0.15, 0.2) is 88.3 Å². The molecule has 10 nitrogen and oxygen atoms in total. The molecule has 0 saturated carbocycles. The van der Waals surface area contributed by atoms with E-state index in [2.05, 4.69) is 10.3 Å². The van der Waals surface area contributed by atoms with Crippen LogP contribution in [0.1, 0.15) is 56.5 Å². The third-order valence-corrected chi connectivity index (χ3v) is 7.40. The molecule has 0 N–H and O–H groups in total. The van der Waals surface area contributed by atoms with Crippen LogP contribution in [0.3, 0.4) is 0 Å². The van der Waals surface area contributed by atoms with E-state index in [1.807, 2.05) is 30.3 Å². The van der Waals surface area contributed by atoms with Crippen molar-refractivity contribution in [2.45, 2.75) is 59.3 Å². The van der Waals surface area contributed by atoms with Crippen molar-refractivity contribution in [2.24, 2.45) is 5.41 Å². The van der Waals surface area contributed by atoms with Gasteiger partial charge in [0.25, 0.3) is 5.56 Å². The van der Waals surface area contributed by atoms with Gasteiger partial charge in [-0.3, -0.25) is 19.2 Å². The van der Waals surface area contributed by atoms with Gasteiger partial charge in [-0.1, -0.05) is 47.7 Å². The third-order valence-electron chi connectivity index (χ3n) is 7.40. The van der Waals surface area contributed by atoms with Gasteiger partial charge in [0.1, 0.15) is 46.5 Å². The second-order valence-corrected chi connectivity index (χ2v) is 11.7. The van der Waals surface area contributed by atoms with Crippen molar-refractivity contribution < 1.29 is 28.3 Å². The molecule has 0 aliphatic heterocycles. The van der Waals surface area contributed by atoms with E-state index in [1.54, 1.807) is 63.2 Å². The van der Waals surface area contributed by atoms with Crippen molar-refractivity contribution in [3.05, 3.63) is 101 Å². The maximum Gasteiger partial charge on any atom is 0.320 e. The fraction of sp³-hybridized carbons (Fsp3) is 0.294. The van der Waals surface area contributed by atoms with Crippen molar-refractivity contribution in [1.82, 2.24) is 15.0 Å². The van der Waals surface area contributed by atoms with Crippen LogP contribution in [0.4, 0.5) is 0 Å². The van der Waals surface area contributed by atoms with E-state index in [-0.39, 0.29) is 18.5 Å². The summed E-state index contributed by atoms with van der Waals surface area (Å²) in [5, 5.41) is 8.94. The standard InChI is InChI=1S/C34H33N3O7/c1-22(38)34(32(41)44-33(2,3)4,16-17-37-31(40)26-12-8-9-13-28(26)35-36-37)19-29(39)27-21-43-30-18-24(14-15-25(27)30)42-20-23-10-6-5-7-11-23/h5-15,18,21H,16-17,19-20H2,1-4H3. The molecule has 0 spiro atoms. The number of ether oxygens (including phenoxy) is 2. The number of hydrogen-bond acceptors (Lipinski definition) is 9. The normalized spacial score (nSPS) is 13.0. The Morgan fingerprint density at radius 2 is 1.66 bits per heavy atom. The van der Waals surface area contributed by atoms with Crippen molar-refractivity contribution in [3.63, 3.8) is 0 Å². The van der Waals surface area contributed by atoms with Crippen molar-refractivity contribution in [2.75, 3.05) is 0 Å². The molecule has 0 saturated heterocycles. The zero-order valence-electron chi connectivity index (χ0n) is 25.0. The van der Waals surface area contributed by atoms with Crippen LogP contribution < -0.4 is 10.3 Å². The number of hydrogen-bond donors (Lipinski definition) is 0. The zero-order chi connectivity index (χ0) is 31.5. The lowest BCUT2D eigenvalue weighted by molar-refractivity contribution is -0.170. The number of carbonyl (C=O) groups excluding carboxylic acids is 3. The van der Waals surface area contributed by atoms with Gasteiger partial charge in [0.15, 0.2) is 5.78 Å². The molecule has 10 heteroatoms. The Labute approximate surface area is 253 Å². The summed E-state index contributed by atoms with van der Waals surface area (Å²) in [5.74, 6) is -1.34. The lowest BCUT2D eigenvalue weighted by Crippen LogP contribution is -2.45. The molecule has 44 heavy (non-hydrogen) atoms. The molecule has 0 bridgehead atoms. The maximum absolute atomic E-state index is 13.8. The first kappa shape index (κ1) is 30.3. The maximum atomic E-state index is 13.8. The zero-order valence-corrected chi connectivity index (χ0v) is 25.0. The number of Topliss-reactive ketones (excluding diaryl/α,β-unsaturated/α-hetero) is 2. The number of fused-ring (bicyclic) bond motifs is 2. The van der Waals surface area contributed by atoms with Crippen LogP contribution in [0.5, 0.6) is 5.75 Å². The van der Waals surface area contributed by atoms with E-state index in [0.717, 1.165) is 10.2 Å². The van der Waals surface area contributed by atoms with Crippen LogP contribution >= 0.6 is 0 Å². The number of carbonyl (C=O) groups is 3. The Kier molecular flexibility index (Phi) is 8.44. The first-order valence-corrected chi connectivity index (χ1v) is 14.2. The molecular formula is C34H33N3O7. The number of nitrogens with zero attached hydrogens (tertiary/aromatic N) is 3. The van der Waals surface area contributed by atoms with Crippen molar-refractivity contribution in [1.29, 1.82) is 0 Å². The highest BCUT2D eigenvalue weighted by atomic mass is 16.6. The highest BCUT2D eigenvalue weighted by molar-refractivity contribution is 6.13. The molecule has 0 radical (unpaired) electrons. The molecule has 0 aliphatic rings. The minimum absolute atomic E-state index is 0.142. The highest BCUT2D eigenvalue weighted by Crippen LogP contribution is 2.36. The number of ketones is 2. The Morgan fingerprint density at radius 3 is 2.39 bits per heavy atom. The molecule has 0 amide bonds. The Morgan fingerprint density at radius 1 is 0.932 bits per heavy atom. The molecule has 2 aromatic heterocycles. The SMILES string of the molecule is CC(=O)C(CCn1nnc2ccccc2c1=O)(CC(=O)c1coc2cc(OCc3ccccc3)ccc12)C(=O)OC(C)(C)C. The van der Waals surface area contributed by atoms with Crippen molar-refractivity contribution >= 4 is 39.4 Å². The fourth-order valence-electron chi connectivity index (χ4n) is 4.97. The summed E-state index contributed by atoms with van der Waals surface area (Å²) in [6.07, 6.45) is 0.615. The van der Waals surface area contributed by atoms with Gasteiger partial charge in [0.2, 0.25) is 0 Å². The molecule has 0 fully saturated rings. The summed E-state index contributed by atoms with van der Waals surface area (Å²) in [6, 6.07) is 21.6. The van der Waals surface area contributed by atoms with Gasteiger partial charge in [-0.25, -0.2) is 4.68 Å². The summed E-state index contributed by atoms with van der Waals surface area (Å²) in [4.78, 5) is 53.9. The van der Waals surface area contributed by atoms with Gasteiger partial charge < -0.3 is 13.9 Å². The molecule has 0 aliphatic carbocycles.